The van der Waals surface area contributed by atoms with Gasteiger partial charge in [-0.15, -0.1) is 0 Å². The average Bonchev–Trinajstić information content (AvgIpc) is 2.77. The van der Waals surface area contributed by atoms with Crippen molar-refractivity contribution in [2.75, 3.05) is 0 Å². The van der Waals surface area contributed by atoms with Crippen molar-refractivity contribution in [2.45, 2.75) is 11.5 Å². The van der Waals surface area contributed by atoms with Crippen molar-refractivity contribution < 1.29 is 13.2 Å². The summed E-state index contributed by atoms with van der Waals surface area (Å²) in [5.74, 6) is 0. The molecule has 0 aliphatic rings. The van der Waals surface area contributed by atoms with Gasteiger partial charge in [-0.25, -0.2) is 4.68 Å². The van der Waals surface area contributed by atoms with Gasteiger partial charge in [-0.2, -0.15) is 18.3 Å². The van der Waals surface area contributed by atoms with E-state index in [-0.39, 0.29) is 0 Å². The zero-order valence-corrected chi connectivity index (χ0v) is 11.2. The number of hydrogen-bond acceptors (Lipinski definition) is 1. The number of alkyl halides is 4. The molecule has 7 heteroatoms. The van der Waals surface area contributed by atoms with E-state index >= 15 is 0 Å². The number of benzene rings is 1. The molecular formula is C11H7BrClF3N2. The van der Waals surface area contributed by atoms with E-state index in [9.17, 15) is 13.2 Å². The van der Waals surface area contributed by atoms with Crippen LogP contribution in [0.5, 0.6) is 0 Å². The molecule has 1 heterocycles. The Kier molecular flexibility index (Phi) is 3.68. The molecule has 0 aliphatic carbocycles. The standard InChI is InChI=1S/C11H7BrClF3N2/c12-4-7-3-9(13)1-2-10(7)18-6-8(5-17-18)11(14,15)16/h1-3,5-6H,4H2. The molecule has 0 radical (unpaired) electrons. The van der Waals surface area contributed by atoms with Crippen LogP contribution in [0.25, 0.3) is 5.69 Å². The lowest BCUT2D eigenvalue weighted by Crippen LogP contribution is -2.03. The van der Waals surface area contributed by atoms with E-state index < -0.39 is 11.7 Å². The molecule has 0 N–H and O–H groups in total. The van der Waals surface area contributed by atoms with Gasteiger partial charge >= 0.3 is 6.18 Å². The third kappa shape index (κ3) is 2.70. The lowest BCUT2D eigenvalue weighted by molar-refractivity contribution is -0.137. The number of rotatable bonds is 2. The summed E-state index contributed by atoms with van der Waals surface area (Å²) in [5.41, 5.74) is 0.545. The molecule has 0 saturated carbocycles. The summed E-state index contributed by atoms with van der Waals surface area (Å²) in [6.45, 7) is 0. The first kappa shape index (κ1) is 13.4. The highest BCUT2D eigenvalue weighted by atomic mass is 79.9. The SMILES string of the molecule is FC(F)(F)c1cnn(-c2ccc(Cl)cc2CBr)c1. The average molecular weight is 340 g/mol. The fourth-order valence-electron chi connectivity index (χ4n) is 1.49. The monoisotopic (exact) mass is 338 g/mol. The van der Waals surface area contributed by atoms with Gasteiger partial charge in [0, 0.05) is 16.5 Å². The number of aromatic nitrogens is 2. The van der Waals surface area contributed by atoms with E-state index in [1.165, 1.54) is 4.68 Å². The Bertz CT molecular complexity index is 566. The van der Waals surface area contributed by atoms with Crippen molar-refractivity contribution in [3.63, 3.8) is 0 Å². The van der Waals surface area contributed by atoms with E-state index in [1.54, 1.807) is 18.2 Å². The molecule has 1 aromatic carbocycles. The van der Waals surface area contributed by atoms with Crippen LogP contribution in [0.1, 0.15) is 11.1 Å². The zero-order chi connectivity index (χ0) is 13.3. The Labute approximate surface area is 114 Å². The normalized spacial score (nSPS) is 11.8. The fraction of sp³-hybridized carbons (Fsp3) is 0.182. The van der Waals surface area contributed by atoms with Gasteiger partial charge in [0.25, 0.3) is 0 Å². The van der Waals surface area contributed by atoms with Crippen LogP contribution in [-0.4, -0.2) is 9.78 Å². The topological polar surface area (TPSA) is 17.8 Å². The summed E-state index contributed by atoms with van der Waals surface area (Å²) < 4.78 is 38.6. The second kappa shape index (κ2) is 4.93. The van der Waals surface area contributed by atoms with Crippen molar-refractivity contribution in [1.29, 1.82) is 0 Å². The van der Waals surface area contributed by atoms with Gasteiger partial charge in [-0.3, -0.25) is 0 Å². The van der Waals surface area contributed by atoms with Crippen LogP contribution < -0.4 is 0 Å². The molecule has 2 rings (SSSR count). The maximum Gasteiger partial charge on any atom is 0.419 e. The molecule has 0 saturated heterocycles. The smallest absolute Gasteiger partial charge is 0.240 e. The van der Waals surface area contributed by atoms with Crippen LogP contribution in [0, 0.1) is 0 Å². The summed E-state index contributed by atoms with van der Waals surface area (Å²) in [4.78, 5) is 0. The first-order valence-corrected chi connectivity index (χ1v) is 6.38. The fourth-order valence-corrected chi connectivity index (χ4v) is 2.13. The predicted molar refractivity (Wildman–Crippen MR) is 66.2 cm³/mol. The van der Waals surface area contributed by atoms with Gasteiger partial charge in [0.05, 0.1) is 17.4 Å². The molecule has 0 atom stereocenters. The third-order valence-corrected chi connectivity index (χ3v) is 3.18. The van der Waals surface area contributed by atoms with Crippen molar-refractivity contribution >= 4 is 27.5 Å². The molecule has 0 spiro atoms. The lowest BCUT2D eigenvalue weighted by atomic mass is 10.2. The first-order valence-electron chi connectivity index (χ1n) is 4.88. The van der Waals surface area contributed by atoms with Crippen LogP contribution in [0.2, 0.25) is 5.02 Å². The van der Waals surface area contributed by atoms with Crippen molar-refractivity contribution in [2.24, 2.45) is 0 Å². The highest BCUT2D eigenvalue weighted by Crippen LogP contribution is 2.30. The van der Waals surface area contributed by atoms with Crippen molar-refractivity contribution in [3.05, 3.63) is 46.7 Å². The van der Waals surface area contributed by atoms with Gasteiger partial charge in [-0.1, -0.05) is 27.5 Å². The maximum absolute atomic E-state index is 12.5. The second-order valence-corrected chi connectivity index (χ2v) is 4.58. The van der Waals surface area contributed by atoms with Crippen LogP contribution in [0.3, 0.4) is 0 Å². The summed E-state index contributed by atoms with van der Waals surface area (Å²) in [6.07, 6.45) is -2.64. The van der Waals surface area contributed by atoms with Crippen LogP contribution in [0.4, 0.5) is 13.2 Å². The molecule has 2 nitrogen and oxygen atoms in total. The maximum atomic E-state index is 12.5. The summed E-state index contributed by atoms with van der Waals surface area (Å²) in [6, 6.07) is 4.92. The van der Waals surface area contributed by atoms with Gasteiger partial charge in [0.2, 0.25) is 0 Å². The van der Waals surface area contributed by atoms with E-state index in [2.05, 4.69) is 21.0 Å². The van der Waals surface area contributed by atoms with Crippen LogP contribution in [-0.2, 0) is 11.5 Å². The molecule has 96 valence electrons. The van der Waals surface area contributed by atoms with E-state index in [0.717, 1.165) is 18.0 Å². The largest absolute Gasteiger partial charge is 0.419 e. The van der Waals surface area contributed by atoms with Gasteiger partial charge in [0.15, 0.2) is 0 Å². The number of hydrogen-bond donors (Lipinski definition) is 0. The molecule has 0 amide bonds. The molecule has 0 aliphatic heterocycles. The van der Waals surface area contributed by atoms with Crippen molar-refractivity contribution in [1.82, 2.24) is 9.78 Å². The molecule has 0 fully saturated rings. The molecular weight excluding hydrogens is 332 g/mol. The highest BCUT2D eigenvalue weighted by molar-refractivity contribution is 9.08. The van der Waals surface area contributed by atoms with Crippen LogP contribution in [0.15, 0.2) is 30.6 Å². The van der Waals surface area contributed by atoms with E-state index in [4.69, 9.17) is 11.6 Å². The molecule has 0 unspecified atom stereocenters. The minimum absolute atomic E-state index is 0.476. The van der Waals surface area contributed by atoms with Crippen LogP contribution >= 0.6 is 27.5 Å². The van der Waals surface area contributed by atoms with E-state index in [1.807, 2.05) is 0 Å². The molecule has 0 bridgehead atoms. The quantitative estimate of drug-likeness (QED) is 0.740. The number of nitrogens with zero attached hydrogens (tertiary/aromatic N) is 2. The predicted octanol–water partition coefficient (Wildman–Crippen LogP) is 4.44. The summed E-state index contributed by atoms with van der Waals surface area (Å²) in [7, 11) is 0. The Morgan fingerprint density at radius 2 is 2.06 bits per heavy atom. The minimum Gasteiger partial charge on any atom is -0.240 e. The van der Waals surface area contributed by atoms with Crippen molar-refractivity contribution in [3.8, 4) is 5.69 Å². The summed E-state index contributed by atoms with van der Waals surface area (Å²) >= 11 is 9.09. The Morgan fingerprint density at radius 1 is 1.33 bits per heavy atom. The molecule has 1 aromatic heterocycles. The lowest BCUT2D eigenvalue weighted by Gasteiger charge is -2.07. The van der Waals surface area contributed by atoms with E-state index in [0.29, 0.717) is 16.0 Å². The van der Waals surface area contributed by atoms with Gasteiger partial charge in [-0.05, 0) is 23.8 Å². The second-order valence-electron chi connectivity index (χ2n) is 3.58. The highest BCUT2D eigenvalue weighted by Gasteiger charge is 2.32. The Hall–Kier alpha value is -1.01. The third-order valence-electron chi connectivity index (χ3n) is 2.34. The molecule has 18 heavy (non-hydrogen) atoms. The van der Waals surface area contributed by atoms with Gasteiger partial charge in [0.1, 0.15) is 0 Å². The van der Waals surface area contributed by atoms with Gasteiger partial charge < -0.3 is 0 Å². The summed E-state index contributed by atoms with van der Waals surface area (Å²) in [5, 5.41) is 4.72. The Morgan fingerprint density at radius 3 is 2.61 bits per heavy atom. The zero-order valence-electron chi connectivity index (χ0n) is 8.88. The molecule has 2 aromatic rings. The first-order chi connectivity index (χ1) is 8.41. The number of halogens is 5. The minimum atomic E-state index is -4.39. The Balaban J connectivity index is 2.46.